The van der Waals surface area contributed by atoms with E-state index in [9.17, 15) is 14.7 Å². The van der Waals surface area contributed by atoms with Crippen LogP contribution >= 0.6 is 34.4 Å². The molecular weight excluding hydrogens is 557 g/mol. The smallest absolute Gasteiger partial charge is 0.286 e. The molecule has 2 amide bonds. The van der Waals surface area contributed by atoms with E-state index in [1.807, 2.05) is 6.07 Å². The number of nitrogens with zero attached hydrogens (tertiary/aromatic N) is 3. The van der Waals surface area contributed by atoms with E-state index in [0.29, 0.717) is 28.2 Å². The summed E-state index contributed by atoms with van der Waals surface area (Å²) in [5, 5.41) is 20.9. The predicted molar refractivity (Wildman–Crippen MR) is 137 cm³/mol. The number of imide groups is 1. The molecule has 12 heteroatoms. The summed E-state index contributed by atoms with van der Waals surface area (Å²) < 4.78 is 0.664. The molecule has 0 spiro atoms. The number of hydrogen-bond donors (Lipinski definition) is 5. The van der Waals surface area contributed by atoms with Gasteiger partial charge in [0.2, 0.25) is 23.8 Å². The highest BCUT2D eigenvalue weighted by Gasteiger charge is 2.31. The van der Waals surface area contributed by atoms with Gasteiger partial charge in [-0.05, 0) is 48.7 Å². The van der Waals surface area contributed by atoms with E-state index in [4.69, 9.17) is 0 Å². The van der Waals surface area contributed by atoms with Gasteiger partial charge in [0.15, 0.2) is 0 Å². The fourth-order valence-corrected chi connectivity index (χ4v) is 5.19. The number of thioether (sulfide) groups is 1. The number of rotatable bonds is 9. The Morgan fingerprint density at radius 2 is 1.73 bits per heavy atom. The van der Waals surface area contributed by atoms with Crippen molar-refractivity contribution in [3.8, 4) is 5.75 Å². The van der Waals surface area contributed by atoms with Crippen molar-refractivity contribution >= 4 is 69.0 Å². The van der Waals surface area contributed by atoms with Crippen molar-refractivity contribution in [1.29, 1.82) is 0 Å². The van der Waals surface area contributed by atoms with Crippen LogP contribution in [0, 0.1) is 5.92 Å². The van der Waals surface area contributed by atoms with Gasteiger partial charge in [-0.3, -0.25) is 14.9 Å². The number of hydrogen-bond acceptors (Lipinski definition) is 10. The highest BCUT2D eigenvalue weighted by atomic mass is 127. The number of carbonyl (C=O) groups excluding carboxylic acids is 2. The molecular formula is C21H26IN7O3S. The third kappa shape index (κ3) is 6.59. The van der Waals surface area contributed by atoms with Crippen molar-refractivity contribution in [3.63, 3.8) is 0 Å². The number of amides is 2. The minimum absolute atomic E-state index is 0.214. The van der Waals surface area contributed by atoms with Gasteiger partial charge in [0.05, 0.1) is 0 Å². The summed E-state index contributed by atoms with van der Waals surface area (Å²) in [5.41, 5.74) is 1.55. The lowest BCUT2D eigenvalue weighted by molar-refractivity contribution is -0.118. The second kappa shape index (κ2) is 11.2. The molecule has 1 aromatic heterocycles. The first-order chi connectivity index (χ1) is 16.0. The van der Waals surface area contributed by atoms with Crippen LogP contribution in [0.25, 0.3) is 0 Å². The van der Waals surface area contributed by atoms with Crippen LogP contribution in [-0.4, -0.2) is 49.5 Å². The summed E-state index contributed by atoms with van der Waals surface area (Å²) >= 11 is 3.14. The quantitative estimate of drug-likeness (QED) is 0.167. The van der Waals surface area contributed by atoms with Crippen LogP contribution < -0.4 is 21.3 Å². The monoisotopic (exact) mass is 583 g/mol. The molecule has 2 heterocycles. The second-order valence-electron chi connectivity index (χ2n) is 8.06. The number of nitrogens with one attached hydrogen (secondary N) is 4. The molecule has 33 heavy (non-hydrogen) atoms. The molecule has 1 aromatic carbocycles. The Bertz CT molecular complexity index is 1020. The minimum Gasteiger partial charge on any atom is -0.508 e. The highest BCUT2D eigenvalue weighted by molar-refractivity contribution is 14.1. The molecule has 4 rings (SSSR count). The fraction of sp³-hybridized carbons (Fsp3) is 0.476. The van der Waals surface area contributed by atoms with Crippen LogP contribution in [0.15, 0.2) is 18.2 Å². The van der Waals surface area contributed by atoms with E-state index in [0.717, 1.165) is 29.6 Å². The molecule has 1 aliphatic heterocycles. The lowest BCUT2D eigenvalue weighted by Crippen LogP contribution is -2.29. The Kier molecular flexibility index (Phi) is 8.06. The lowest BCUT2D eigenvalue weighted by atomic mass is 9.89. The van der Waals surface area contributed by atoms with Crippen LogP contribution in [-0.2, 0) is 9.22 Å². The van der Waals surface area contributed by atoms with E-state index in [1.165, 1.54) is 32.1 Å². The molecule has 1 saturated carbocycles. The average molecular weight is 583 g/mol. The summed E-state index contributed by atoms with van der Waals surface area (Å²) in [7, 11) is 0. The number of anilines is 4. The number of aromatic nitrogens is 3. The van der Waals surface area contributed by atoms with Crippen LogP contribution in [0.2, 0.25) is 0 Å². The van der Waals surface area contributed by atoms with Crippen LogP contribution in [0.3, 0.4) is 0 Å². The van der Waals surface area contributed by atoms with Gasteiger partial charge in [0.25, 0.3) is 5.24 Å². The number of halogens is 1. The van der Waals surface area contributed by atoms with Gasteiger partial charge in [0, 0.05) is 28.8 Å². The normalized spacial score (nSPS) is 18.8. The number of phenols is 1. The van der Waals surface area contributed by atoms with E-state index < -0.39 is 5.25 Å². The van der Waals surface area contributed by atoms with Crippen LogP contribution in [0.1, 0.15) is 37.7 Å². The van der Waals surface area contributed by atoms with Crippen molar-refractivity contribution in [2.24, 2.45) is 5.92 Å². The minimum atomic E-state index is -0.535. The van der Waals surface area contributed by atoms with Gasteiger partial charge in [0.1, 0.15) is 11.0 Å². The molecule has 1 atom stereocenters. The van der Waals surface area contributed by atoms with Gasteiger partial charge in [-0.2, -0.15) is 15.0 Å². The van der Waals surface area contributed by atoms with Gasteiger partial charge in [-0.25, -0.2) is 0 Å². The molecule has 2 aliphatic rings. The molecule has 2 fully saturated rings. The Labute approximate surface area is 209 Å². The standard InChI is InChI=1S/C21H26IN7O3S/c22-9-13-8-14(6-7-15(13)30)25-20-28-18(23-10-12-4-2-1-3-5-12)27-19(29-20)24-11-16-17(31)26-21(32)33-16/h6-8,12,16,30H,1-5,9-11H2,(H,26,31,32)(H3,23,24,25,27,28,29). The maximum Gasteiger partial charge on any atom is 0.286 e. The van der Waals surface area contributed by atoms with Crippen molar-refractivity contribution in [2.45, 2.75) is 41.8 Å². The zero-order chi connectivity index (χ0) is 23.2. The van der Waals surface area contributed by atoms with Crippen molar-refractivity contribution < 1.29 is 14.7 Å². The first kappa shape index (κ1) is 23.8. The Hall–Kier alpha value is -2.35. The predicted octanol–water partition coefficient (Wildman–Crippen LogP) is 4.01. The molecule has 1 unspecified atom stereocenters. The number of aromatic hydroxyl groups is 1. The molecule has 0 bridgehead atoms. The van der Waals surface area contributed by atoms with E-state index >= 15 is 0 Å². The van der Waals surface area contributed by atoms with Crippen molar-refractivity contribution in [3.05, 3.63) is 23.8 Å². The second-order valence-corrected chi connectivity index (χ2v) is 10.00. The van der Waals surface area contributed by atoms with E-state index in [-0.39, 0.29) is 23.4 Å². The zero-order valence-corrected chi connectivity index (χ0v) is 20.9. The molecule has 1 aliphatic carbocycles. The summed E-state index contributed by atoms with van der Waals surface area (Å²) in [4.78, 5) is 36.7. The topological polar surface area (TPSA) is 141 Å². The molecule has 176 valence electrons. The number of alkyl halides is 1. The molecule has 2 aromatic rings. The fourth-order valence-electron chi connectivity index (χ4n) is 3.83. The third-order valence-corrected chi connectivity index (χ3v) is 7.40. The van der Waals surface area contributed by atoms with Crippen molar-refractivity contribution in [1.82, 2.24) is 20.3 Å². The molecule has 5 N–H and O–H groups in total. The SMILES string of the molecule is O=C1NC(=O)C(CNc2nc(NCC3CCCCC3)nc(Nc3ccc(O)c(CI)c3)n2)S1. The first-order valence-electron chi connectivity index (χ1n) is 10.9. The van der Waals surface area contributed by atoms with Gasteiger partial charge < -0.3 is 21.1 Å². The summed E-state index contributed by atoms with van der Waals surface area (Å²) in [6, 6.07) is 5.23. The number of carbonyl (C=O) groups is 2. The molecule has 10 nitrogen and oxygen atoms in total. The van der Waals surface area contributed by atoms with Crippen molar-refractivity contribution in [2.75, 3.05) is 29.0 Å². The van der Waals surface area contributed by atoms with Gasteiger partial charge in [-0.15, -0.1) is 0 Å². The Morgan fingerprint density at radius 1 is 1.03 bits per heavy atom. The number of benzene rings is 1. The van der Waals surface area contributed by atoms with Crippen LogP contribution in [0.4, 0.5) is 28.3 Å². The van der Waals surface area contributed by atoms with Crippen LogP contribution in [0.5, 0.6) is 5.75 Å². The van der Waals surface area contributed by atoms with Gasteiger partial charge in [-0.1, -0.05) is 41.9 Å². The van der Waals surface area contributed by atoms with Gasteiger partial charge >= 0.3 is 0 Å². The maximum absolute atomic E-state index is 11.9. The highest BCUT2D eigenvalue weighted by Crippen LogP contribution is 2.27. The summed E-state index contributed by atoms with van der Waals surface area (Å²) in [5.74, 6) is 1.59. The van der Waals surface area contributed by atoms with E-state index in [2.05, 4.69) is 58.8 Å². The molecule has 0 radical (unpaired) electrons. The zero-order valence-electron chi connectivity index (χ0n) is 17.9. The average Bonchev–Trinajstić information content (AvgIpc) is 3.15. The first-order valence-corrected chi connectivity index (χ1v) is 13.3. The third-order valence-electron chi connectivity index (χ3n) is 5.60. The maximum atomic E-state index is 11.9. The largest absolute Gasteiger partial charge is 0.508 e. The molecule has 1 saturated heterocycles. The summed E-state index contributed by atoms with van der Waals surface area (Å²) in [6.45, 7) is 1.00. The Balaban J connectivity index is 1.50. The Morgan fingerprint density at radius 3 is 2.39 bits per heavy atom. The number of phenolic OH excluding ortho intramolecular Hbond substituents is 1. The summed E-state index contributed by atoms with van der Waals surface area (Å²) in [6.07, 6.45) is 6.20. The lowest BCUT2D eigenvalue weighted by Gasteiger charge is -2.22. The van der Waals surface area contributed by atoms with E-state index in [1.54, 1.807) is 12.1 Å².